The Hall–Kier alpha value is -9.50. The Labute approximate surface area is 536 Å². The molecule has 0 radical (unpaired) electrons. The van der Waals surface area contributed by atoms with Crippen LogP contribution in [0.3, 0.4) is 0 Å². The summed E-state index contributed by atoms with van der Waals surface area (Å²) in [6.07, 6.45) is 10.6. The molecule has 1 aliphatic carbocycles. The van der Waals surface area contributed by atoms with Crippen LogP contribution in [-0.2, 0) is 21.7 Å². The molecule has 3 heterocycles. The number of para-hydroxylation sites is 2. The highest BCUT2D eigenvalue weighted by atomic mass is 16.3. The Morgan fingerprint density at radius 1 is 0.522 bits per heavy atom. The van der Waals surface area contributed by atoms with Gasteiger partial charge in [-0.05, 0) is 175 Å². The molecule has 10 aromatic rings. The molecule has 0 bridgehead atoms. The van der Waals surface area contributed by atoms with Gasteiger partial charge < -0.3 is 19.1 Å². The van der Waals surface area contributed by atoms with E-state index in [1.54, 1.807) is 0 Å². The molecular formula is C85H84BN3O. The van der Waals surface area contributed by atoms with Crippen LogP contribution in [-0.4, -0.2) is 6.71 Å². The molecule has 4 nitrogen and oxygen atoms in total. The van der Waals surface area contributed by atoms with Gasteiger partial charge in [-0.3, -0.25) is 0 Å². The summed E-state index contributed by atoms with van der Waals surface area (Å²) in [4.78, 5) is 7.67. The van der Waals surface area contributed by atoms with Crippen molar-refractivity contribution in [3.63, 3.8) is 0 Å². The number of fused-ring (bicyclic) bond motifs is 5. The Balaban J connectivity index is 0.00000105. The lowest BCUT2D eigenvalue weighted by Gasteiger charge is -2.46. The molecule has 1 aromatic heterocycles. The summed E-state index contributed by atoms with van der Waals surface area (Å²) >= 11 is 0. The maximum atomic E-state index is 6.67. The topological polar surface area (TPSA) is 22.9 Å². The molecule has 9 aromatic carbocycles. The van der Waals surface area contributed by atoms with E-state index in [0.717, 1.165) is 84.4 Å². The highest BCUT2D eigenvalue weighted by Crippen LogP contribution is 2.51. The van der Waals surface area contributed by atoms with Gasteiger partial charge in [0.25, 0.3) is 6.71 Å². The van der Waals surface area contributed by atoms with Crippen molar-refractivity contribution in [2.75, 3.05) is 14.7 Å². The summed E-state index contributed by atoms with van der Waals surface area (Å²) in [7, 11) is 0. The van der Waals surface area contributed by atoms with E-state index < -0.39 is 0 Å². The van der Waals surface area contributed by atoms with E-state index in [4.69, 9.17) is 4.42 Å². The summed E-state index contributed by atoms with van der Waals surface area (Å²) < 4.78 is 6.67. The lowest BCUT2D eigenvalue weighted by Crippen LogP contribution is -2.61. The predicted octanol–water partition coefficient (Wildman–Crippen LogP) is 19.8. The van der Waals surface area contributed by atoms with E-state index in [0.29, 0.717) is 0 Å². The molecule has 0 atom stereocenters. The van der Waals surface area contributed by atoms with Gasteiger partial charge in [0.1, 0.15) is 11.0 Å². The highest BCUT2D eigenvalue weighted by molar-refractivity contribution is 7.00. The summed E-state index contributed by atoms with van der Waals surface area (Å²) in [5.41, 5.74) is 27.1. The number of hydrogen-bond donors (Lipinski definition) is 0. The average molecular weight is 1170 g/mol. The van der Waals surface area contributed by atoms with Crippen LogP contribution in [0.4, 0.5) is 51.2 Å². The first-order valence-electron chi connectivity index (χ1n) is 31.9. The van der Waals surface area contributed by atoms with Gasteiger partial charge in [-0.15, -0.1) is 0 Å². The maximum absolute atomic E-state index is 6.67. The van der Waals surface area contributed by atoms with Gasteiger partial charge in [-0.1, -0.05) is 248 Å². The van der Waals surface area contributed by atoms with Gasteiger partial charge in [0.05, 0.1) is 11.4 Å². The number of hydrogen-bond acceptors (Lipinski definition) is 4. The largest absolute Gasteiger partial charge is 0.455 e. The lowest BCUT2D eigenvalue weighted by molar-refractivity contribution is 0.573. The zero-order chi connectivity index (χ0) is 63.6. The SMILES string of the molecule is C1#CCC=CC=C1.C=C/C(c1ccc(N2c3cc(N(c4ccccc4)c4ccc(C(C)(C)C)cc4)ccc3B3c4cc(C(C)(C)C)ccc4N(c4c(C)cc(C(C)(C)C)cc4C)c4cc(C(C)(C)C)cc2c43)c(-c2ccccc2)c1)=c1/oc2ccccc2c1=C. The Bertz CT molecular complexity index is 4650. The van der Waals surface area contributed by atoms with Crippen LogP contribution < -0.4 is 41.7 Å². The van der Waals surface area contributed by atoms with Crippen LogP contribution >= 0.6 is 0 Å². The molecule has 0 N–H and O–H groups in total. The molecule has 90 heavy (non-hydrogen) atoms. The minimum Gasteiger partial charge on any atom is -0.455 e. The van der Waals surface area contributed by atoms with E-state index in [9.17, 15) is 0 Å². The van der Waals surface area contributed by atoms with Crippen LogP contribution in [0.1, 0.15) is 128 Å². The van der Waals surface area contributed by atoms with Crippen molar-refractivity contribution in [1.29, 1.82) is 0 Å². The number of allylic oxidation sites excluding steroid dienone is 5. The second-order valence-corrected chi connectivity index (χ2v) is 28.7. The van der Waals surface area contributed by atoms with Crippen LogP contribution in [0, 0.1) is 25.7 Å². The number of nitrogens with zero attached hydrogens (tertiary/aromatic N) is 3. The van der Waals surface area contributed by atoms with Crippen molar-refractivity contribution < 1.29 is 4.42 Å². The second kappa shape index (κ2) is 23.5. The van der Waals surface area contributed by atoms with Crippen LogP contribution in [0.15, 0.2) is 229 Å². The highest BCUT2D eigenvalue weighted by Gasteiger charge is 2.46. The summed E-state index contributed by atoms with van der Waals surface area (Å²) in [6, 6.07) is 70.5. The second-order valence-electron chi connectivity index (χ2n) is 28.7. The first-order valence-corrected chi connectivity index (χ1v) is 31.9. The van der Waals surface area contributed by atoms with Crippen LogP contribution in [0.25, 0.3) is 34.2 Å². The molecule has 448 valence electrons. The molecular weight excluding hydrogens is 1090 g/mol. The molecule has 13 rings (SSSR count). The molecule has 0 unspecified atom stereocenters. The number of anilines is 9. The number of benzene rings is 9. The molecule has 5 heteroatoms. The smallest absolute Gasteiger partial charge is 0.252 e. The quantitative estimate of drug-likeness (QED) is 0.112. The van der Waals surface area contributed by atoms with Gasteiger partial charge in [-0.25, -0.2) is 0 Å². The van der Waals surface area contributed by atoms with Gasteiger partial charge in [0.2, 0.25) is 0 Å². The first kappa shape index (κ1) is 60.8. The first-order chi connectivity index (χ1) is 42.9. The third-order valence-corrected chi connectivity index (χ3v) is 18.2. The fourth-order valence-electron chi connectivity index (χ4n) is 13.2. The number of furan rings is 1. The summed E-state index contributed by atoms with van der Waals surface area (Å²) in [6.45, 7) is 41.4. The molecule has 0 amide bonds. The van der Waals surface area contributed by atoms with E-state index in [1.807, 2.05) is 48.6 Å². The molecule has 0 saturated carbocycles. The zero-order valence-electron chi connectivity index (χ0n) is 55.2. The van der Waals surface area contributed by atoms with Crippen molar-refractivity contribution in [3.8, 4) is 23.0 Å². The molecule has 0 spiro atoms. The van der Waals surface area contributed by atoms with Gasteiger partial charge in [0.15, 0.2) is 0 Å². The van der Waals surface area contributed by atoms with Gasteiger partial charge in [0, 0.05) is 68.0 Å². The van der Waals surface area contributed by atoms with Crippen LogP contribution in [0.2, 0.25) is 0 Å². The fourth-order valence-corrected chi connectivity index (χ4v) is 13.2. The lowest BCUT2D eigenvalue weighted by atomic mass is 9.33. The maximum Gasteiger partial charge on any atom is 0.252 e. The Morgan fingerprint density at radius 3 is 1.74 bits per heavy atom. The summed E-state index contributed by atoms with van der Waals surface area (Å²) in [5.74, 6) is 5.78. The van der Waals surface area contributed by atoms with Gasteiger partial charge in [-0.2, -0.15) is 0 Å². The van der Waals surface area contributed by atoms with Crippen molar-refractivity contribution >= 4 is 97.4 Å². The average Bonchev–Trinajstić information content (AvgIpc) is 0.783. The van der Waals surface area contributed by atoms with Crippen LogP contribution in [0.5, 0.6) is 0 Å². The monoisotopic (exact) mass is 1170 g/mol. The third-order valence-electron chi connectivity index (χ3n) is 18.2. The predicted molar refractivity (Wildman–Crippen MR) is 389 cm³/mol. The Morgan fingerprint density at radius 2 is 1.10 bits per heavy atom. The number of aryl methyl sites for hydroxylation is 2. The fraction of sp³-hybridized carbons (Fsp3) is 0.224. The van der Waals surface area contributed by atoms with E-state index >= 15 is 0 Å². The normalized spacial score (nSPS) is 13.7. The van der Waals surface area contributed by atoms with Crippen molar-refractivity contribution in [2.45, 2.75) is 125 Å². The zero-order valence-corrected chi connectivity index (χ0v) is 55.2. The van der Waals surface area contributed by atoms with E-state index in [1.165, 1.54) is 66.8 Å². The van der Waals surface area contributed by atoms with E-state index in [-0.39, 0.29) is 28.4 Å². The standard InChI is InChI=1S/C78H78BN3O.C7H6/c1-17-61(74-51(4)62-30-24-25-31-71(62)83-74)53-32-40-66(63(44-53)52-26-20-18-21-27-52)81-68-48-60(80(58-28-22-19-23-29-58)59-36-33-54(34-37-59)75(5,6)7)38-39-64(68)79-65-45-55(76(8,9)10)35-41-67(65)82(70-47-57(78(14,15)16)46-69(81)72(70)79)73-49(2)42-56(43-50(73)3)77(11,12)13;1-2-4-6-7-5-3-1/h17-48H,1,4H2,2-3,5-16H3;1-4H,5H2/b74-61-;. The Kier molecular flexibility index (Phi) is 15.8. The van der Waals surface area contributed by atoms with E-state index in [2.05, 4.69) is 306 Å². The number of rotatable bonds is 8. The van der Waals surface area contributed by atoms with Gasteiger partial charge >= 0.3 is 0 Å². The minimum absolute atomic E-state index is 0.00453. The summed E-state index contributed by atoms with van der Waals surface area (Å²) in [5, 5.41) is 1.85. The third kappa shape index (κ3) is 11.4. The van der Waals surface area contributed by atoms with Crippen molar-refractivity contribution in [3.05, 3.63) is 275 Å². The molecule has 3 aliphatic rings. The van der Waals surface area contributed by atoms with Crippen molar-refractivity contribution in [1.82, 2.24) is 0 Å². The molecule has 0 saturated heterocycles. The van der Waals surface area contributed by atoms with Crippen molar-refractivity contribution in [2.24, 2.45) is 0 Å². The molecule has 0 fully saturated rings. The molecule has 2 aliphatic heterocycles. The minimum atomic E-state index is -0.223.